The molecule has 27 heavy (non-hydrogen) atoms. The first-order valence-electron chi connectivity index (χ1n) is 10.2. The largest absolute Gasteiger partial charge is 0.342 e. The topological polar surface area (TPSA) is 73.9 Å². The number of carbonyl (C=O) groups is 1. The van der Waals surface area contributed by atoms with Crippen LogP contribution in [0.1, 0.15) is 62.3 Å². The number of hydrogen-bond acceptors (Lipinski definition) is 4. The SMILES string of the molecule is Cc1cc(Nc2cccc([C@H]3CCCN(C(=O)C4CCCCC4)C3)n2)n[nH]1. The summed E-state index contributed by atoms with van der Waals surface area (Å²) in [6, 6.07) is 8.03. The van der Waals surface area contributed by atoms with Crippen LogP contribution in [0.4, 0.5) is 11.6 Å². The van der Waals surface area contributed by atoms with Crippen LogP contribution in [0, 0.1) is 12.8 Å². The number of hydrogen-bond donors (Lipinski definition) is 2. The van der Waals surface area contributed by atoms with Crippen LogP contribution in [-0.2, 0) is 4.79 Å². The zero-order valence-electron chi connectivity index (χ0n) is 16.1. The van der Waals surface area contributed by atoms with Gasteiger partial charge in [0, 0.05) is 42.4 Å². The van der Waals surface area contributed by atoms with Crippen molar-refractivity contribution in [3.05, 3.63) is 35.7 Å². The van der Waals surface area contributed by atoms with Gasteiger partial charge >= 0.3 is 0 Å². The number of nitrogens with one attached hydrogen (secondary N) is 2. The smallest absolute Gasteiger partial charge is 0.225 e. The van der Waals surface area contributed by atoms with Crippen molar-refractivity contribution in [2.45, 2.75) is 57.8 Å². The summed E-state index contributed by atoms with van der Waals surface area (Å²) in [5, 5.41) is 10.4. The van der Waals surface area contributed by atoms with Crippen molar-refractivity contribution >= 4 is 17.5 Å². The third-order valence-electron chi connectivity index (χ3n) is 5.84. The highest BCUT2D eigenvalue weighted by molar-refractivity contribution is 5.79. The molecule has 2 aromatic heterocycles. The second kappa shape index (κ2) is 8.11. The van der Waals surface area contributed by atoms with E-state index in [2.05, 4.69) is 26.5 Å². The molecule has 2 fully saturated rings. The van der Waals surface area contributed by atoms with Crippen LogP contribution in [0.2, 0.25) is 0 Å². The number of H-pyrrole nitrogens is 1. The fraction of sp³-hybridized carbons (Fsp3) is 0.571. The molecule has 1 amide bonds. The van der Waals surface area contributed by atoms with Gasteiger partial charge in [-0.05, 0) is 44.7 Å². The quantitative estimate of drug-likeness (QED) is 0.852. The third kappa shape index (κ3) is 4.31. The zero-order chi connectivity index (χ0) is 18.6. The number of nitrogens with zero attached hydrogens (tertiary/aromatic N) is 3. The Balaban J connectivity index is 1.43. The Kier molecular flexibility index (Phi) is 5.41. The highest BCUT2D eigenvalue weighted by Gasteiger charge is 2.30. The van der Waals surface area contributed by atoms with Crippen molar-refractivity contribution in [2.75, 3.05) is 18.4 Å². The normalized spacial score (nSPS) is 21.2. The van der Waals surface area contributed by atoms with Crippen LogP contribution in [0.25, 0.3) is 0 Å². The molecule has 6 nitrogen and oxygen atoms in total. The lowest BCUT2D eigenvalue weighted by Gasteiger charge is -2.35. The summed E-state index contributed by atoms with van der Waals surface area (Å²) in [4.78, 5) is 19.8. The van der Waals surface area contributed by atoms with Gasteiger partial charge in [0.1, 0.15) is 5.82 Å². The molecule has 2 N–H and O–H groups in total. The number of aromatic nitrogens is 3. The van der Waals surface area contributed by atoms with Crippen molar-refractivity contribution in [3.63, 3.8) is 0 Å². The lowest BCUT2D eigenvalue weighted by molar-refractivity contribution is -0.137. The van der Waals surface area contributed by atoms with E-state index in [4.69, 9.17) is 4.98 Å². The van der Waals surface area contributed by atoms with Crippen LogP contribution in [-0.4, -0.2) is 39.1 Å². The van der Waals surface area contributed by atoms with E-state index in [1.54, 1.807) is 0 Å². The van der Waals surface area contributed by atoms with Gasteiger partial charge in [-0.25, -0.2) is 4.98 Å². The summed E-state index contributed by atoms with van der Waals surface area (Å²) >= 11 is 0. The highest BCUT2D eigenvalue weighted by atomic mass is 16.2. The molecule has 1 saturated carbocycles. The first kappa shape index (κ1) is 18.0. The summed E-state index contributed by atoms with van der Waals surface area (Å²) in [7, 11) is 0. The molecule has 1 atom stereocenters. The Morgan fingerprint density at radius 2 is 2.00 bits per heavy atom. The molecule has 3 heterocycles. The maximum Gasteiger partial charge on any atom is 0.225 e. The van der Waals surface area contributed by atoms with Crippen molar-refractivity contribution in [2.24, 2.45) is 5.92 Å². The minimum absolute atomic E-state index is 0.251. The standard InChI is InChI=1S/C21H29N5O/c1-15-13-20(25-24-15)23-19-11-5-10-18(22-19)17-9-6-12-26(14-17)21(27)16-7-3-2-4-8-16/h5,10-11,13,16-17H,2-4,6-9,12,14H2,1H3,(H2,22,23,24,25)/t17-/m0/s1. The van der Waals surface area contributed by atoms with E-state index in [1.807, 2.05) is 25.1 Å². The average Bonchev–Trinajstić information content (AvgIpc) is 3.13. The van der Waals surface area contributed by atoms with Gasteiger partial charge in [-0.15, -0.1) is 0 Å². The van der Waals surface area contributed by atoms with E-state index in [9.17, 15) is 4.79 Å². The van der Waals surface area contributed by atoms with Crippen LogP contribution < -0.4 is 5.32 Å². The number of rotatable bonds is 4. The lowest BCUT2D eigenvalue weighted by Crippen LogP contribution is -2.43. The number of pyridine rings is 1. The van der Waals surface area contributed by atoms with Crippen LogP contribution in [0.15, 0.2) is 24.3 Å². The number of carbonyl (C=O) groups excluding carboxylic acids is 1. The van der Waals surface area contributed by atoms with Gasteiger partial charge in [-0.1, -0.05) is 25.3 Å². The Hall–Kier alpha value is -2.37. The van der Waals surface area contributed by atoms with Gasteiger partial charge in [0.2, 0.25) is 5.91 Å². The molecular weight excluding hydrogens is 338 g/mol. The van der Waals surface area contributed by atoms with Gasteiger partial charge < -0.3 is 10.2 Å². The lowest BCUT2D eigenvalue weighted by atomic mass is 9.86. The van der Waals surface area contributed by atoms with E-state index >= 15 is 0 Å². The molecule has 0 radical (unpaired) electrons. The molecule has 1 aliphatic heterocycles. The molecule has 4 rings (SSSR count). The van der Waals surface area contributed by atoms with Crippen molar-refractivity contribution in [1.82, 2.24) is 20.1 Å². The summed E-state index contributed by atoms with van der Waals surface area (Å²) in [6.45, 7) is 3.67. The summed E-state index contributed by atoms with van der Waals surface area (Å²) in [5.74, 6) is 2.51. The molecule has 0 bridgehead atoms. The van der Waals surface area contributed by atoms with Crippen LogP contribution >= 0.6 is 0 Å². The first-order chi connectivity index (χ1) is 13.2. The number of aromatic amines is 1. The molecule has 0 spiro atoms. The van der Waals surface area contributed by atoms with Gasteiger partial charge in [-0.2, -0.15) is 5.10 Å². The van der Waals surface area contributed by atoms with E-state index < -0.39 is 0 Å². The second-order valence-electron chi connectivity index (χ2n) is 7.97. The Morgan fingerprint density at radius 3 is 2.78 bits per heavy atom. The van der Waals surface area contributed by atoms with Crippen molar-refractivity contribution in [3.8, 4) is 0 Å². The molecular formula is C21H29N5O. The molecule has 0 aromatic carbocycles. The molecule has 144 valence electrons. The summed E-state index contributed by atoms with van der Waals surface area (Å²) in [6.07, 6.45) is 7.98. The number of piperidine rings is 1. The molecule has 2 aromatic rings. The summed E-state index contributed by atoms with van der Waals surface area (Å²) < 4.78 is 0. The van der Waals surface area contributed by atoms with Crippen LogP contribution in [0.3, 0.4) is 0 Å². The van der Waals surface area contributed by atoms with E-state index in [1.165, 1.54) is 19.3 Å². The van der Waals surface area contributed by atoms with E-state index in [0.29, 0.717) is 11.8 Å². The van der Waals surface area contributed by atoms with Gasteiger partial charge in [-0.3, -0.25) is 9.89 Å². The Bertz CT molecular complexity index is 780. The number of anilines is 2. The number of amides is 1. The zero-order valence-corrected chi connectivity index (χ0v) is 16.1. The molecule has 1 saturated heterocycles. The Labute approximate surface area is 160 Å². The number of aryl methyl sites for hydroxylation is 1. The summed E-state index contributed by atoms with van der Waals surface area (Å²) in [5.41, 5.74) is 2.08. The minimum atomic E-state index is 0.251. The van der Waals surface area contributed by atoms with Crippen molar-refractivity contribution in [1.29, 1.82) is 0 Å². The first-order valence-corrected chi connectivity index (χ1v) is 10.2. The highest BCUT2D eigenvalue weighted by Crippen LogP contribution is 2.31. The second-order valence-corrected chi connectivity index (χ2v) is 7.97. The van der Waals surface area contributed by atoms with E-state index in [0.717, 1.165) is 61.8 Å². The fourth-order valence-electron chi connectivity index (χ4n) is 4.39. The maximum atomic E-state index is 12.9. The third-order valence-corrected chi connectivity index (χ3v) is 5.84. The predicted octanol–water partition coefficient (Wildman–Crippen LogP) is 4.14. The van der Waals surface area contributed by atoms with Crippen LogP contribution in [0.5, 0.6) is 0 Å². The molecule has 6 heteroatoms. The minimum Gasteiger partial charge on any atom is -0.342 e. The average molecular weight is 367 g/mol. The Morgan fingerprint density at radius 1 is 1.15 bits per heavy atom. The van der Waals surface area contributed by atoms with Gasteiger partial charge in [0.15, 0.2) is 5.82 Å². The molecule has 0 unspecified atom stereocenters. The molecule has 2 aliphatic rings. The van der Waals surface area contributed by atoms with E-state index in [-0.39, 0.29) is 5.92 Å². The van der Waals surface area contributed by atoms with Gasteiger partial charge in [0.25, 0.3) is 0 Å². The maximum absolute atomic E-state index is 12.9. The fourth-order valence-corrected chi connectivity index (χ4v) is 4.39. The van der Waals surface area contributed by atoms with Gasteiger partial charge in [0.05, 0.1) is 0 Å². The van der Waals surface area contributed by atoms with Crippen molar-refractivity contribution < 1.29 is 4.79 Å². The predicted molar refractivity (Wildman–Crippen MR) is 106 cm³/mol. The monoisotopic (exact) mass is 367 g/mol. The number of likely N-dealkylation sites (tertiary alicyclic amines) is 1. The molecule has 1 aliphatic carbocycles.